The minimum Gasteiger partial charge on any atom is -0.334 e. The first-order valence-electron chi connectivity index (χ1n) is 6.91. The van der Waals surface area contributed by atoms with Crippen LogP contribution in [-0.2, 0) is 28.8 Å². The summed E-state index contributed by atoms with van der Waals surface area (Å²) in [7, 11) is 0. The second-order valence-electron chi connectivity index (χ2n) is 4.85. The molecule has 0 spiro atoms. The van der Waals surface area contributed by atoms with Crippen LogP contribution in [0.5, 0.6) is 0 Å². The Labute approximate surface area is 202 Å². The zero-order valence-electron chi connectivity index (χ0n) is 15.7. The Balaban J connectivity index is -0.000000174. The maximum absolute atomic E-state index is 11.3. The first kappa shape index (κ1) is 36.7. The van der Waals surface area contributed by atoms with Gasteiger partial charge in [0, 0.05) is 17.3 Å². The third-order valence-corrected chi connectivity index (χ3v) is 1.84. The number of carbonyl (C=O) groups excluding carboxylic acids is 6. The molecule has 0 unspecified atom stereocenters. The minimum absolute atomic E-state index is 0. The normalized spacial score (nSPS) is 10.5. The van der Waals surface area contributed by atoms with E-state index in [1.807, 2.05) is 0 Å². The molecule has 0 saturated carbocycles. The number of ketones is 6. The fraction of sp³-hybridized carbons (Fsp3) is 0.400. The van der Waals surface area contributed by atoms with E-state index in [4.69, 9.17) is 0 Å². The van der Waals surface area contributed by atoms with Crippen LogP contribution in [-0.4, -0.2) is 53.2 Å². The van der Waals surface area contributed by atoms with Crippen LogP contribution < -0.4 is 0 Å². The molecule has 31 heavy (non-hydrogen) atoms. The number of Topliss-reactive ketones (excluding diaryl/α,β-unsaturated/α-hetero) is 6. The predicted molar refractivity (Wildman–Crippen MR) is 78.1 cm³/mol. The zero-order valence-corrected chi connectivity index (χ0v) is 19.4. The summed E-state index contributed by atoms with van der Waals surface area (Å²) in [5.74, 6) is -9.04. The van der Waals surface area contributed by atoms with Crippen molar-refractivity contribution in [3.05, 3.63) is 19.3 Å². The van der Waals surface area contributed by atoms with Gasteiger partial charge in [0.25, 0.3) is 0 Å². The van der Waals surface area contributed by atoms with Gasteiger partial charge in [0.2, 0.25) is 0 Å². The molecule has 0 N–H and O–H groups in total. The van der Waals surface area contributed by atoms with Crippen LogP contribution in [0.4, 0.5) is 39.5 Å². The van der Waals surface area contributed by atoms with E-state index in [0.29, 0.717) is 0 Å². The predicted octanol–water partition coefficient (Wildman–Crippen LogP) is 2.73. The Kier molecular flexibility index (Phi) is 18.0. The van der Waals surface area contributed by atoms with Crippen molar-refractivity contribution in [3.63, 3.8) is 0 Å². The molecule has 0 aliphatic heterocycles. The van der Waals surface area contributed by atoms with Crippen molar-refractivity contribution >= 4 is 34.7 Å². The number of hydrogen-bond donors (Lipinski definition) is 0. The van der Waals surface area contributed by atoms with E-state index < -0.39 is 53.2 Å². The van der Waals surface area contributed by atoms with Gasteiger partial charge < -0.3 is 28.8 Å². The molecule has 0 fully saturated rings. The molecule has 0 rings (SSSR count). The summed E-state index contributed by atoms with van der Waals surface area (Å²) < 4.78 is 101. The fourth-order valence-corrected chi connectivity index (χ4v) is 0.799. The van der Waals surface area contributed by atoms with E-state index in [-0.39, 0.29) is 60.6 Å². The molecule has 174 valence electrons. The molecule has 0 aromatic heterocycles. The van der Waals surface area contributed by atoms with Gasteiger partial charge in [-0.05, 0) is 20.8 Å². The average Bonchev–Trinajstić information content (AvgIpc) is 2.43. The summed E-state index contributed by atoms with van der Waals surface area (Å²) in [5, 5.41) is 0. The van der Waals surface area contributed by atoms with E-state index in [1.54, 1.807) is 0 Å². The van der Waals surface area contributed by atoms with Gasteiger partial charge in [-0.2, -0.15) is 39.5 Å². The number of hydrogen-bond acceptors (Lipinski definition) is 6. The summed E-state index contributed by atoms with van der Waals surface area (Å²) in [6.45, 7) is 2.64. The Bertz CT molecular complexity index is 573. The molecule has 0 saturated heterocycles. The molecule has 0 aliphatic rings. The summed E-state index contributed by atoms with van der Waals surface area (Å²) in [5.41, 5.74) is 0. The van der Waals surface area contributed by atoms with Crippen molar-refractivity contribution in [2.24, 2.45) is 0 Å². The van der Waals surface area contributed by atoms with Gasteiger partial charge in [-0.1, -0.05) is 0 Å². The third-order valence-electron chi connectivity index (χ3n) is 1.84. The standard InChI is InChI=1S/3C5H4F3O2.Pr/c3*1-3(9)2-4(10)5(6,7)8;/h3*2H,1H3;/q3*-1;+3. The first-order valence-corrected chi connectivity index (χ1v) is 6.91. The quantitative estimate of drug-likeness (QED) is 0.264. The third kappa shape index (κ3) is 24.5. The second kappa shape index (κ2) is 15.2. The summed E-state index contributed by atoms with van der Waals surface area (Å²) >= 11 is 0. The smallest absolute Gasteiger partial charge is 0.334 e. The van der Waals surface area contributed by atoms with Gasteiger partial charge in [-0.15, -0.1) is 0 Å². The van der Waals surface area contributed by atoms with E-state index in [9.17, 15) is 68.3 Å². The minimum atomic E-state index is -4.92. The SMILES string of the molecule is CC(=O)[CH-]C(=O)C(F)(F)F.CC(=O)[CH-]C(=O)C(F)(F)F.CC(=O)[CH-]C(=O)C(F)(F)F.[Pr+3]. The van der Waals surface area contributed by atoms with Gasteiger partial charge in [-0.3, -0.25) is 19.3 Å². The van der Waals surface area contributed by atoms with Crippen LogP contribution in [0.15, 0.2) is 0 Å². The van der Waals surface area contributed by atoms with Crippen molar-refractivity contribution in [2.45, 2.75) is 39.3 Å². The maximum Gasteiger partial charge on any atom is 3.00 e. The summed E-state index contributed by atoms with van der Waals surface area (Å²) in [4.78, 5) is 59.4. The fourth-order valence-electron chi connectivity index (χ4n) is 0.799. The molecule has 0 atom stereocenters. The zero-order chi connectivity index (χ0) is 25.1. The Hall–Kier alpha value is -1.64. The second-order valence-corrected chi connectivity index (χ2v) is 4.85. The van der Waals surface area contributed by atoms with Crippen LogP contribution in [0.3, 0.4) is 0 Å². The summed E-state index contributed by atoms with van der Waals surface area (Å²) in [6, 6.07) is 0. The molecular weight excluding hydrogens is 588 g/mol. The molecule has 16 heteroatoms. The number of rotatable bonds is 6. The van der Waals surface area contributed by atoms with Crippen molar-refractivity contribution in [1.29, 1.82) is 0 Å². The van der Waals surface area contributed by atoms with Crippen LogP contribution in [0.2, 0.25) is 0 Å². The molecular formula is C15H12F9O6Pr. The van der Waals surface area contributed by atoms with Gasteiger partial charge in [-0.25, -0.2) is 0 Å². The van der Waals surface area contributed by atoms with Crippen molar-refractivity contribution < 1.29 is 110 Å². The van der Waals surface area contributed by atoms with E-state index >= 15 is 0 Å². The largest absolute Gasteiger partial charge is 3.00 e. The molecule has 0 radical (unpaired) electrons. The van der Waals surface area contributed by atoms with Crippen LogP contribution in [0.25, 0.3) is 0 Å². The van der Waals surface area contributed by atoms with E-state index in [1.165, 1.54) is 0 Å². The molecule has 0 heterocycles. The number of halogens is 9. The monoisotopic (exact) mass is 600 g/mol. The van der Waals surface area contributed by atoms with Gasteiger partial charge in [0.15, 0.2) is 0 Å². The Morgan fingerprint density at radius 3 is 0.613 bits per heavy atom. The van der Waals surface area contributed by atoms with Crippen LogP contribution in [0, 0.1) is 60.6 Å². The van der Waals surface area contributed by atoms with Gasteiger partial charge in [0.05, 0.1) is 0 Å². The molecule has 0 amide bonds. The Morgan fingerprint density at radius 1 is 0.452 bits per heavy atom. The van der Waals surface area contributed by atoms with Gasteiger partial charge >= 0.3 is 59.8 Å². The van der Waals surface area contributed by atoms with Crippen molar-refractivity contribution in [1.82, 2.24) is 0 Å². The molecule has 0 aromatic carbocycles. The maximum atomic E-state index is 11.3. The molecule has 0 aliphatic carbocycles. The van der Waals surface area contributed by atoms with E-state index in [0.717, 1.165) is 20.8 Å². The molecule has 6 nitrogen and oxygen atoms in total. The molecule has 0 aromatic rings. The topological polar surface area (TPSA) is 102 Å². The van der Waals surface area contributed by atoms with Crippen LogP contribution in [0.1, 0.15) is 20.8 Å². The first-order chi connectivity index (χ1) is 13.0. The number of alkyl halides is 9. The molecule has 0 bridgehead atoms. The number of carbonyl (C=O) groups is 6. The van der Waals surface area contributed by atoms with E-state index in [2.05, 4.69) is 0 Å². The average molecular weight is 600 g/mol. The van der Waals surface area contributed by atoms with Gasteiger partial charge in [0.1, 0.15) is 17.3 Å². The summed E-state index contributed by atoms with van der Waals surface area (Å²) in [6.07, 6.45) is -14.7. The van der Waals surface area contributed by atoms with Crippen molar-refractivity contribution in [3.8, 4) is 0 Å². The van der Waals surface area contributed by atoms with Crippen molar-refractivity contribution in [2.75, 3.05) is 0 Å². The van der Waals surface area contributed by atoms with Crippen LogP contribution >= 0.6 is 0 Å². The Morgan fingerprint density at radius 2 is 0.581 bits per heavy atom.